The molecule has 0 unspecified atom stereocenters. The fraction of sp³-hybridized carbons (Fsp3) is 0.708. The van der Waals surface area contributed by atoms with Gasteiger partial charge in [0.1, 0.15) is 12.2 Å². The molecule has 0 bridgehead atoms. The van der Waals surface area contributed by atoms with Gasteiger partial charge in [-0.1, -0.05) is 41.5 Å². The highest BCUT2D eigenvalue weighted by molar-refractivity contribution is 6.74. The summed E-state index contributed by atoms with van der Waals surface area (Å²) < 4.78 is 20.9. The predicted octanol–water partition coefficient (Wildman–Crippen LogP) is 4.60. The quantitative estimate of drug-likeness (QED) is 0.445. The van der Waals surface area contributed by atoms with E-state index >= 15 is 0 Å². The molecule has 10 heteroatoms. The Labute approximate surface area is 205 Å². The normalized spacial score (nSPS) is 23.4. The number of aromatic amines is 1. The molecule has 1 fully saturated rings. The molecule has 8 nitrogen and oxygen atoms in total. The van der Waals surface area contributed by atoms with Crippen molar-refractivity contribution in [2.45, 2.75) is 103 Å². The lowest BCUT2D eigenvalue weighted by Crippen LogP contribution is -2.47. The Hall–Kier alpha value is -1.78. The van der Waals surface area contributed by atoms with Crippen LogP contribution < -0.4 is 11.2 Å². The van der Waals surface area contributed by atoms with Gasteiger partial charge in [0, 0.05) is 23.4 Å². The summed E-state index contributed by atoms with van der Waals surface area (Å²) in [7, 11) is -4.42. The van der Waals surface area contributed by atoms with Crippen LogP contribution in [0, 0.1) is 18.3 Å². The molecule has 34 heavy (non-hydrogen) atoms. The lowest BCUT2D eigenvalue weighted by Gasteiger charge is -2.39. The van der Waals surface area contributed by atoms with E-state index < -0.39 is 46.3 Å². The average molecular weight is 508 g/mol. The molecule has 1 aromatic heterocycles. The van der Waals surface area contributed by atoms with Crippen LogP contribution in [0.2, 0.25) is 36.3 Å². The molecule has 1 N–H and O–H groups in total. The van der Waals surface area contributed by atoms with E-state index in [4.69, 9.17) is 13.6 Å². The summed E-state index contributed by atoms with van der Waals surface area (Å²) in [6, 6.07) is 2.13. The van der Waals surface area contributed by atoms with E-state index in [1.807, 2.05) is 0 Å². The molecule has 3 atom stereocenters. The van der Waals surface area contributed by atoms with Gasteiger partial charge in [0.15, 0.2) is 22.9 Å². The summed E-state index contributed by atoms with van der Waals surface area (Å²) in [5.74, 6) is 0. The van der Waals surface area contributed by atoms with Crippen molar-refractivity contribution in [2.75, 3.05) is 6.61 Å². The SMILES string of the molecule is Cc1cn([C@@H]2O[C@H](CO[Si](C)(C)C(C)(C)C)/C(=C\C#N)[C@@H]2O[Si](C)(C)C(C)(C)C)c(=O)[nH]c1=O. The van der Waals surface area contributed by atoms with Crippen LogP contribution in [0.5, 0.6) is 0 Å². The predicted molar refractivity (Wildman–Crippen MR) is 139 cm³/mol. The molecule has 1 aromatic rings. The second-order valence-electron chi connectivity index (χ2n) is 12.1. The van der Waals surface area contributed by atoms with Gasteiger partial charge in [-0.25, -0.2) is 4.79 Å². The maximum absolute atomic E-state index is 12.8. The van der Waals surface area contributed by atoms with Crippen LogP contribution in [0.4, 0.5) is 0 Å². The molecule has 0 spiro atoms. The number of allylic oxidation sites excluding steroid dienone is 1. The van der Waals surface area contributed by atoms with Crippen molar-refractivity contribution in [1.29, 1.82) is 5.26 Å². The number of hydrogen-bond acceptors (Lipinski definition) is 6. The number of hydrogen-bond donors (Lipinski definition) is 1. The van der Waals surface area contributed by atoms with Crippen molar-refractivity contribution in [2.24, 2.45) is 0 Å². The lowest BCUT2D eigenvalue weighted by atomic mass is 10.1. The standard InChI is InChI=1S/C24H41N3O5Si2/c1-16-14-27(22(29)26-20(16)28)21-19(32-34(10,11)24(5,6)7)17(12-13-25)18(31-21)15-30-33(8,9)23(2,3)4/h12,14,18-19,21H,15H2,1-11H3,(H,26,28,29)/b17-12+/t18-,19+,21-/m1/s1. The number of aromatic nitrogens is 2. The molecule has 1 aliphatic rings. The smallest absolute Gasteiger partial charge is 0.330 e. The highest BCUT2D eigenvalue weighted by Gasteiger charge is 2.49. The van der Waals surface area contributed by atoms with Crippen molar-refractivity contribution in [1.82, 2.24) is 9.55 Å². The van der Waals surface area contributed by atoms with Crippen molar-refractivity contribution >= 4 is 16.6 Å². The molecule has 0 aliphatic carbocycles. The summed E-state index contributed by atoms with van der Waals surface area (Å²) in [5, 5.41) is 9.50. The van der Waals surface area contributed by atoms with Crippen LogP contribution >= 0.6 is 0 Å². The van der Waals surface area contributed by atoms with Crippen LogP contribution in [0.3, 0.4) is 0 Å². The zero-order valence-corrected chi connectivity index (χ0v) is 24.5. The van der Waals surface area contributed by atoms with Crippen LogP contribution in [0.15, 0.2) is 27.4 Å². The fourth-order valence-corrected chi connectivity index (χ4v) is 5.40. The van der Waals surface area contributed by atoms with Gasteiger partial charge < -0.3 is 13.6 Å². The first kappa shape index (κ1) is 28.5. The molecule has 1 aliphatic heterocycles. The highest BCUT2D eigenvalue weighted by Crippen LogP contribution is 2.44. The molecule has 0 amide bonds. The monoisotopic (exact) mass is 507 g/mol. The van der Waals surface area contributed by atoms with Crippen LogP contribution in [-0.2, 0) is 13.6 Å². The number of H-pyrrole nitrogens is 1. The number of rotatable bonds is 6. The zero-order valence-electron chi connectivity index (χ0n) is 22.5. The first-order valence-corrected chi connectivity index (χ1v) is 17.5. The number of nitriles is 1. The van der Waals surface area contributed by atoms with Crippen molar-refractivity contribution in [3.8, 4) is 6.07 Å². The fourth-order valence-electron chi connectivity index (χ4n) is 3.16. The molecule has 0 saturated carbocycles. The van der Waals surface area contributed by atoms with Gasteiger partial charge in [0.25, 0.3) is 5.56 Å². The number of nitrogens with zero attached hydrogens (tertiary/aromatic N) is 2. The topological polar surface area (TPSA) is 106 Å². The Bertz CT molecular complexity index is 1080. The maximum Gasteiger partial charge on any atom is 0.330 e. The highest BCUT2D eigenvalue weighted by atomic mass is 28.4. The average Bonchev–Trinajstić information content (AvgIpc) is 2.98. The van der Waals surface area contributed by atoms with Gasteiger partial charge in [-0.05, 0) is 43.2 Å². The minimum absolute atomic E-state index is 0.00806. The van der Waals surface area contributed by atoms with E-state index in [1.54, 1.807) is 6.92 Å². The van der Waals surface area contributed by atoms with Crippen LogP contribution in [0.1, 0.15) is 53.3 Å². The minimum atomic E-state index is -2.33. The summed E-state index contributed by atoms with van der Waals surface area (Å²) in [6.07, 6.45) is 0.921. The Morgan fingerprint density at radius 1 is 1.12 bits per heavy atom. The van der Waals surface area contributed by atoms with E-state index in [0.29, 0.717) is 11.1 Å². The van der Waals surface area contributed by atoms with Gasteiger partial charge in [-0.3, -0.25) is 14.3 Å². The number of nitrogens with one attached hydrogen (secondary N) is 1. The van der Waals surface area contributed by atoms with Gasteiger partial charge in [-0.2, -0.15) is 5.26 Å². The van der Waals surface area contributed by atoms with Gasteiger partial charge in [-0.15, -0.1) is 0 Å². The lowest BCUT2D eigenvalue weighted by molar-refractivity contribution is -0.0484. The second-order valence-corrected chi connectivity index (χ2v) is 21.7. The molecule has 190 valence electrons. The summed E-state index contributed by atoms with van der Waals surface area (Å²) in [5.41, 5.74) is 0.0336. The Morgan fingerprint density at radius 2 is 1.68 bits per heavy atom. The molecular formula is C24H41N3O5Si2. The number of ether oxygens (including phenoxy) is 1. The van der Waals surface area contributed by atoms with Gasteiger partial charge in [0.2, 0.25) is 0 Å². The summed E-state index contributed by atoms with van der Waals surface area (Å²) >= 11 is 0. The van der Waals surface area contributed by atoms with Crippen molar-refractivity contribution in [3.63, 3.8) is 0 Å². The molecule has 0 radical (unpaired) electrons. The van der Waals surface area contributed by atoms with E-state index in [1.165, 1.54) is 16.8 Å². The van der Waals surface area contributed by atoms with Gasteiger partial charge >= 0.3 is 5.69 Å². The van der Waals surface area contributed by atoms with Gasteiger partial charge in [0.05, 0.1) is 12.7 Å². The first-order valence-electron chi connectivity index (χ1n) is 11.7. The van der Waals surface area contributed by atoms with Crippen molar-refractivity contribution in [3.05, 3.63) is 44.2 Å². The number of aryl methyl sites for hydroxylation is 1. The Balaban J connectivity index is 2.57. The first-order chi connectivity index (χ1) is 15.3. The molecule has 0 aromatic carbocycles. The maximum atomic E-state index is 12.8. The third kappa shape index (κ3) is 5.89. The Morgan fingerprint density at radius 3 is 2.18 bits per heavy atom. The zero-order chi connectivity index (χ0) is 26.3. The van der Waals surface area contributed by atoms with E-state index in [-0.39, 0.29) is 16.7 Å². The van der Waals surface area contributed by atoms with Crippen LogP contribution in [-0.4, -0.2) is 45.0 Å². The third-order valence-corrected chi connectivity index (χ3v) is 16.5. The second kappa shape index (κ2) is 9.70. The molecule has 2 rings (SSSR count). The molecule has 1 saturated heterocycles. The minimum Gasteiger partial charge on any atom is -0.414 e. The van der Waals surface area contributed by atoms with E-state index in [0.717, 1.165) is 0 Å². The van der Waals surface area contributed by atoms with E-state index in [2.05, 4.69) is 78.8 Å². The summed E-state index contributed by atoms with van der Waals surface area (Å²) in [6.45, 7) is 23.3. The summed E-state index contributed by atoms with van der Waals surface area (Å²) in [4.78, 5) is 27.1. The van der Waals surface area contributed by atoms with E-state index in [9.17, 15) is 14.9 Å². The molecule has 2 heterocycles. The van der Waals surface area contributed by atoms with Crippen LogP contribution in [0.25, 0.3) is 0 Å². The Kier molecular flexibility index (Phi) is 8.12. The largest absolute Gasteiger partial charge is 0.414 e. The third-order valence-electron chi connectivity index (χ3n) is 7.54. The van der Waals surface area contributed by atoms with Crippen molar-refractivity contribution < 1.29 is 13.6 Å². The molecular weight excluding hydrogens is 466 g/mol.